The Morgan fingerprint density at radius 2 is 1.64 bits per heavy atom. The number of nitrogens with zero attached hydrogens (tertiary/aromatic N) is 1. The zero-order chi connectivity index (χ0) is 9.80. The van der Waals surface area contributed by atoms with Gasteiger partial charge in [-0.05, 0) is 44.7 Å². The highest BCUT2D eigenvalue weighted by Gasteiger charge is 2.28. The monoisotopic (exact) mass is 196 g/mol. The molecule has 0 radical (unpaired) electrons. The maximum atomic E-state index is 5.94. The van der Waals surface area contributed by atoms with E-state index in [9.17, 15) is 0 Å². The molecule has 2 N–H and O–H groups in total. The summed E-state index contributed by atoms with van der Waals surface area (Å²) in [7, 11) is 0. The molecule has 1 atom stereocenters. The third-order valence-corrected chi connectivity index (χ3v) is 4.05. The minimum atomic E-state index is 0.706. The zero-order valence-electron chi connectivity index (χ0n) is 9.25. The number of likely N-dealkylation sites (tertiary alicyclic amines) is 1. The van der Waals surface area contributed by atoms with Crippen molar-refractivity contribution in [1.82, 2.24) is 4.90 Å². The van der Waals surface area contributed by atoms with Crippen molar-refractivity contribution in [2.45, 2.75) is 51.0 Å². The van der Waals surface area contributed by atoms with Gasteiger partial charge in [0.25, 0.3) is 0 Å². The molecule has 2 nitrogen and oxygen atoms in total. The van der Waals surface area contributed by atoms with E-state index in [0.717, 1.165) is 12.5 Å². The van der Waals surface area contributed by atoms with Crippen molar-refractivity contribution in [3.8, 4) is 0 Å². The number of hydrogen-bond acceptors (Lipinski definition) is 2. The standard InChI is InChI=1S/C12H24N2/c13-10-12(14-8-4-5-9-14)11-6-2-1-3-7-11/h11-12H,1-10,13H2. The van der Waals surface area contributed by atoms with Crippen molar-refractivity contribution < 1.29 is 0 Å². The second-order valence-electron chi connectivity index (χ2n) is 4.94. The van der Waals surface area contributed by atoms with E-state index in [2.05, 4.69) is 4.90 Å². The SMILES string of the molecule is NCC(C1CCCCC1)N1CCCC1. The molecule has 1 saturated carbocycles. The lowest BCUT2D eigenvalue weighted by molar-refractivity contribution is 0.148. The molecule has 1 heterocycles. The number of rotatable bonds is 3. The summed E-state index contributed by atoms with van der Waals surface area (Å²) in [4.78, 5) is 2.65. The molecule has 2 fully saturated rings. The quantitative estimate of drug-likeness (QED) is 0.748. The van der Waals surface area contributed by atoms with Crippen LogP contribution in [0.4, 0.5) is 0 Å². The maximum Gasteiger partial charge on any atom is 0.0246 e. The minimum absolute atomic E-state index is 0.706. The summed E-state index contributed by atoms with van der Waals surface area (Å²) >= 11 is 0. The van der Waals surface area contributed by atoms with Gasteiger partial charge in [-0.3, -0.25) is 4.90 Å². The molecule has 0 aromatic rings. The second-order valence-corrected chi connectivity index (χ2v) is 4.94. The van der Waals surface area contributed by atoms with Crippen molar-refractivity contribution in [2.75, 3.05) is 19.6 Å². The van der Waals surface area contributed by atoms with Gasteiger partial charge in [0.2, 0.25) is 0 Å². The molecule has 2 heteroatoms. The average molecular weight is 196 g/mol. The Morgan fingerprint density at radius 1 is 1.00 bits per heavy atom. The Hall–Kier alpha value is -0.0800. The van der Waals surface area contributed by atoms with Gasteiger partial charge in [-0.25, -0.2) is 0 Å². The molecule has 2 aliphatic rings. The van der Waals surface area contributed by atoms with Crippen LogP contribution in [-0.4, -0.2) is 30.6 Å². The fraction of sp³-hybridized carbons (Fsp3) is 1.00. The van der Waals surface area contributed by atoms with Crippen LogP contribution >= 0.6 is 0 Å². The van der Waals surface area contributed by atoms with Crippen molar-refractivity contribution in [3.63, 3.8) is 0 Å². The largest absolute Gasteiger partial charge is 0.329 e. The van der Waals surface area contributed by atoms with Crippen LogP contribution in [0.25, 0.3) is 0 Å². The highest BCUT2D eigenvalue weighted by molar-refractivity contribution is 4.84. The van der Waals surface area contributed by atoms with E-state index >= 15 is 0 Å². The van der Waals surface area contributed by atoms with Gasteiger partial charge in [0.1, 0.15) is 0 Å². The maximum absolute atomic E-state index is 5.94. The molecular weight excluding hydrogens is 172 g/mol. The number of nitrogens with two attached hydrogens (primary N) is 1. The van der Waals surface area contributed by atoms with Crippen LogP contribution in [0, 0.1) is 5.92 Å². The van der Waals surface area contributed by atoms with Gasteiger partial charge in [0.05, 0.1) is 0 Å². The second kappa shape index (κ2) is 5.13. The average Bonchev–Trinajstić information content (AvgIpc) is 2.74. The van der Waals surface area contributed by atoms with E-state index in [0.29, 0.717) is 6.04 Å². The molecule has 0 bridgehead atoms. The highest BCUT2D eigenvalue weighted by Crippen LogP contribution is 2.30. The molecule has 0 amide bonds. The summed E-state index contributed by atoms with van der Waals surface area (Å²) in [5.41, 5.74) is 5.94. The first kappa shape index (κ1) is 10.4. The smallest absolute Gasteiger partial charge is 0.0246 e. The van der Waals surface area contributed by atoms with Gasteiger partial charge in [0.15, 0.2) is 0 Å². The molecule has 1 aliphatic heterocycles. The first-order valence-electron chi connectivity index (χ1n) is 6.36. The van der Waals surface area contributed by atoms with Crippen LogP contribution in [0.3, 0.4) is 0 Å². The van der Waals surface area contributed by atoms with E-state index in [4.69, 9.17) is 5.73 Å². The fourth-order valence-electron chi connectivity index (χ4n) is 3.23. The van der Waals surface area contributed by atoms with Gasteiger partial charge in [-0.15, -0.1) is 0 Å². The van der Waals surface area contributed by atoms with E-state index in [1.165, 1.54) is 58.0 Å². The molecule has 2 rings (SSSR count). The Morgan fingerprint density at radius 3 is 2.21 bits per heavy atom. The lowest BCUT2D eigenvalue weighted by atomic mass is 9.83. The van der Waals surface area contributed by atoms with Crippen LogP contribution in [0.1, 0.15) is 44.9 Å². The van der Waals surface area contributed by atoms with E-state index in [1.807, 2.05) is 0 Å². The molecule has 1 unspecified atom stereocenters. The summed E-state index contributed by atoms with van der Waals surface area (Å²) in [6.07, 6.45) is 9.97. The van der Waals surface area contributed by atoms with Crippen LogP contribution in [0.15, 0.2) is 0 Å². The Bertz CT molecular complexity index is 158. The zero-order valence-corrected chi connectivity index (χ0v) is 9.25. The van der Waals surface area contributed by atoms with Gasteiger partial charge in [-0.1, -0.05) is 19.3 Å². The Labute approximate surface area is 87.8 Å². The normalized spacial score (nSPS) is 28.1. The van der Waals surface area contributed by atoms with Gasteiger partial charge in [-0.2, -0.15) is 0 Å². The summed E-state index contributed by atoms with van der Waals surface area (Å²) in [6, 6.07) is 0.706. The summed E-state index contributed by atoms with van der Waals surface area (Å²) in [6.45, 7) is 3.49. The van der Waals surface area contributed by atoms with Crippen LogP contribution < -0.4 is 5.73 Å². The van der Waals surface area contributed by atoms with Crippen molar-refractivity contribution in [3.05, 3.63) is 0 Å². The lowest BCUT2D eigenvalue weighted by Gasteiger charge is -2.35. The molecule has 14 heavy (non-hydrogen) atoms. The first-order valence-corrected chi connectivity index (χ1v) is 6.36. The summed E-state index contributed by atoms with van der Waals surface area (Å²) < 4.78 is 0. The molecule has 0 spiro atoms. The van der Waals surface area contributed by atoms with E-state index in [-0.39, 0.29) is 0 Å². The van der Waals surface area contributed by atoms with Crippen LogP contribution in [0.5, 0.6) is 0 Å². The van der Waals surface area contributed by atoms with Crippen LogP contribution in [-0.2, 0) is 0 Å². The van der Waals surface area contributed by atoms with Gasteiger partial charge >= 0.3 is 0 Å². The Kier molecular flexibility index (Phi) is 3.82. The fourth-order valence-corrected chi connectivity index (χ4v) is 3.23. The Balaban J connectivity index is 1.89. The molecule has 0 aromatic heterocycles. The minimum Gasteiger partial charge on any atom is -0.329 e. The van der Waals surface area contributed by atoms with Crippen LogP contribution in [0.2, 0.25) is 0 Å². The molecular formula is C12H24N2. The first-order chi connectivity index (χ1) is 6.92. The third-order valence-electron chi connectivity index (χ3n) is 4.05. The predicted molar refractivity (Wildman–Crippen MR) is 60.2 cm³/mol. The topological polar surface area (TPSA) is 29.3 Å². The van der Waals surface area contributed by atoms with Gasteiger partial charge in [0, 0.05) is 12.6 Å². The van der Waals surface area contributed by atoms with Crippen molar-refractivity contribution in [1.29, 1.82) is 0 Å². The molecule has 0 aromatic carbocycles. The third kappa shape index (κ3) is 2.29. The molecule has 1 aliphatic carbocycles. The van der Waals surface area contributed by atoms with Gasteiger partial charge < -0.3 is 5.73 Å². The highest BCUT2D eigenvalue weighted by atomic mass is 15.2. The predicted octanol–water partition coefficient (Wildman–Crippen LogP) is 1.99. The van der Waals surface area contributed by atoms with Crippen molar-refractivity contribution in [2.24, 2.45) is 11.7 Å². The lowest BCUT2D eigenvalue weighted by Crippen LogP contribution is -2.44. The molecule has 82 valence electrons. The molecule has 1 saturated heterocycles. The number of hydrogen-bond donors (Lipinski definition) is 1. The summed E-state index contributed by atoms with van der Waals surface area (Å²) in [5.74, 6) is 0.909. The van der Waals surface area contributed by atoms with E-state index in [1.54, 1.807) is 0 Å². The summed E-state index contributed by atoms with van der Waals surface area (Å²) in [5, 5.41) is 0. The van der Waals surface area contributed by atoms with Crippen molar-refractivity contribution >= 4 is 0 Å². The van der Waals surface area contributed by atoms with E-state index < -0.39 is 0 Å².